The Kier molecular flexibility index (Phi) is 5.71. The number of thioether (sulfide) groups is 1. The van der Waals surface area contributed by atoms with E-state index in [-0.39, 0.29) is 18.5 Å². The second kappa shape index (κ2) is 7.32. The number of benzene rings is 1. The number of hydrogen-bond donors (Lipinski definition) is 1. The van der Waals surface area contributed by atoms with Crippen LogP contribution in [0.25, 0.3) is 0 Å². The smallest absolute Gasteiger partial charge is 0.304 e. The molecule has 2 atom stereocenters. The predicted molar refractivity (Wildman–Crippen MR) is 89.0 cm³/mol. The van der Waals surface area contributed by atoms with Gasteiger partial charge in [-0.15, -0.1) is 0 Å². The van der Waals surface area contributed by atoms with E-state index in [0.29, 0.717) is 5.92 Å². The Labute approximate surface area is 131 Å². The number of carboxylic acids is 1. The van der Waals surface area contributed by atoms with Gasteiger partial charge in [0.25, 0.3) is 0 Å². The molecule has 3 nitrogen and oxygen atoms in total. The number of carbonyl (C=O) groups is 1. The second-order valence-corrected chi connectivity index (χ2v) is 7.21. The van der Waals surface area contributed by atoms with Crippen molar-refractivity contribution in [3.8, 4) is 0 Å². The Morgan fingerprint density at radius 2 is 1.90 bits per heavy atom. The van der Waals surface area contributed by atoms with Crippen molar-refractivity contribution in [2.75, 3.05) is 18.1 Å². The maximum atomic E-state index is 11.1. The monoisotopic (exact) mass is 307 g/mol. The molecule has 1 heterocycles. The van der Waals surface area contributed by atoms with Crippen LogP contribution in [0.5, 0.6) is 0 Å². The Hall–Kier alpha value is -1.00. The van der Waals surface area contributed by atoms with E-state index in [1.165, 1.54) is 11.1 Å². The highest BCUT2D eigenvalue weighted by Gasteiger charge is 2.29. The molecule has 1 aromatic carbocycles. The third kappa shape index (κ3) is 4.24. The fraction of sp³-hybridized carbons (Fsp3) is 0.588. The number of carboxylic acid groups (broad SMARTS) is 1. The minimum Gasteiger partial charge on any atom is -0.481 e. The Morgan fingerprint density at radius 3 is 2.48 bits per heavy atom. The lowest BCUT2D eigenvalue weighted by molar-refractivity contribution is -0.138. The number of nitrogens with zero attached hydrogens (tertiary/aromatic N) is 1. The maximum Gasteiger partial charge on any atom is 0.304 e. The van der Waals surface area contributed by atoms with E-state index in [4.69, 9.17) is 5.11 Å². The zero-order valence-electron chi connectivity index (χ0n) is 13.1. The number of aliphatic carboxylic acids is 1. The Morgan fingerprint density at radius 1 is 1.29 bits per heavy atom. The standard InChI is InChI=1S/C17H25NO2S/c1-12(2)14-4-6-15(7-5-14)13(3)18-8-9-21-11-16(18)10-17(19)20/h4-7,12-13,16H,8-11H2,1-3H3,(H,19,20). The molecule has 0 amide bonds. The Balaban J connectivity index is 2.12. The lowest BCUT2D eigenvalue weighted by Gasteiger charge is -2.39. The van der Waals surface area contributed by atoms with Crippen LogP contribution < -0.4 is 0 Å². The van der Waals surface area contributed by atoms with Crippen molar-refractivity contribution in [1.29, 1.82) is 0 Å². The maximum absolute atomic E-state index is 11.1. The summed E-state index contributed by atoms with van der Waals surface area (Å²) in [5.41, 5.74) is 2.63. The third-order valence-corrected chi connectivity index (χ3v) is 5.36. The van der Waals surface area contributed by atoms with Crippen LogP contribution in [0.3, 0.4) is 0 Å². The predicted octanol–water partition coefficient (Wildman–Crippen LogP) is 3.76. The SMILES string of the molecule is CC(C)c1ccc(C(C)N2CCSCC2CC(=O)O)cc1. The third-order valence-electron chi connectivity index (χ3n) is 4.27. The van der Waals surface area contributed by atoms with Crippen LogP contribution in [-0.4, -0.2) is 40.1 Å². The largest absolute Gasteiger partial charge is 0.481 e. The molecule has 1 N–H and O–H groups in total. The summed E-state index contributed by atoms with van der Waals surface area (Å²) in [4.78, 5) is 13.4. The molecular weight excluding hydrogens is 282 g/mol. The summed E-state index contributed by atoms with van der Waals surface area (Å²) >= 11 is 1.86. The van der Waals surface area contributed by atoms with E-state index < -0.39 is 5.97 Å². The molecule has 0 spiro atoms. The van der Waals surface area contributed by atoms with Gasteiger partial charge in [0.1, 0.15) is 0 Å². The van der Waals surface area contributed by atoms with Gasteiger partial charge in [0.05, 0.1) is 6.42 Å². The molecule has 1 aliphatic rings. The highest BCUT2D eigenvalue weighted by atomic mass is 32.2. The van der Waals surface area contributed by atoms with Crippen LogP contribution in [-0.2, 0) is 4.79 Å². The fourth-order valence-corrected chi connectivity index (χ4v) is 3.99. The van der Waals surface area contributed by atoms with Crippen LogP contribution in [0.15, 0.2) is 24.3 Å². The molecule has 1 fully saturated rings. The Bertz CT molecular complexity index is 472. The first-order valence-electron chi connectivity index (χ1n) is 7.64. The van der Waals surface area contributed by atoms with Gasteiger partial charge in [0, 0.05) is 30.1 Å². The second-order valence-electron chi connectivity index (χ2n) is 6.06. The highest BCUT2D eigenvalue weighted by Crippen LogP contribution is 2.29. The van der Waals surface area contributed by atoms with E-state index in [1.54, 1.807) is 0 Å². The molecule has 0 radical (unpaired) electrons. The first kappa shape index (κ1) is 16.4. The normalized spacial score (nSPS) is 21.4. The zero-order chi connectivity index (χ0) is 15.4. The molecule has 0 aliphatic carbocycles. The first-order valence-corrected chi connectivity index (χ1v) is 8.79. The topological polar surface area (TPSA) is 40.5 Å². The molecular formula is C17H25NO2S. The molecule has 2 rings (SSSR count). The summed E-state index contributed by atoms with van der Waals surface area (Å²) in [5.74, 6) is 1.85. The van der Waals surface area contributed by atoms with Crippen LogP contribution >= 0.6 is 11.8 Å². The van der Waals surface area contributed by atoms with Crippen molar-refractivity contribution in [2.24, 2.45) is 0 Å². The summed E-state index contributed by atoms with van der Waals surface area (Å²) in [5, 5.41) is 9.10. The van der Waals surface area contributed by atoms with E-state index in [0.717, 1.165) is 18.1 Å². The first-order chi connectivity index (χ1) is 9.99. The van der Waals surface area contributed by atoms with E-state index >= 15 is 0 Å². The number of hydrogen-bond acceptors (Lipinski definition) is 3. The van der Waals surface area contributed by atoms with E-state index in [1.807, 2.05) is 11.8 Å². The van der Waals surface area contributed by atoms with Gasteiger partial charge < -0.3 is 5.11 Å². The molecule has 116 valence electrons. The molecule has 4 heteroatoms. The van der Waals surface area contributed by atoms with Crippen molar-refractivity contribution in [1.82, 2.24) is 4.90 Å². The molecule has 1 aromatic rings. The van der Waals surface area contributed by atoms with Gasteiger partial charge in [-0.3, -0.25) is 9.69 Å². The summed E-state index contributed by atoms with van der Waals surface area (Å²) < 4.78 is 0. The molecule has 1 saturated heterocycles. The summed E-state index contributed by atoms with van der Waals surface area (Å²) in [6, 6.07) is 9.19. The lowest BCUT2D eigenvalue weighted by Crippen LogP contribution is -2.44. The van der Waals surface area contributed by atoms with Crippen LogP contribution in [0.2, 0.25) is 0 Å². The van der Waals surface area contributed by atoms with Gasteiger partial charge in [-0.05, 0) is 24.0 Å². The fourth-order valence-electron chi connectivity index (χ4n) is 2.91. The van der Waals surface area contributed by atoms with E-state index in [2.05, 4.69) is 49.9 Å². The van der Waals surface area contributed by atoms with E-state index in [9.17, 15) is 4.79 Å². The van der Waals surface area contributed by atoms with Crippen LogP contribution in [0.4, 0.5) is 0 Å². The molecule has 0 aromatic heterocycles. The molecule has 2 unspecified atom stereocenters. The van der Waals surface area contributed by atoms with Gasteiger partial charge in [0.15, 0.2) is 0 Å². The highest BCUT2D eigenvalue weighted by molar-refractivity contribution is 7.99. The van der Waals surface area contributed by atoms with Crippen molar-refractivity contribution >= 4 is 17.7 Å². The molecule has 21 heavy (non-hydrogen) atoms. The van der Waals surface area contributed by atoms with Crippen molar-refractivity contribution in [3.05, 3.63) is 35.4 Å². The van der Waals surface area contributed by atoms with Gasteiger partial charge in [-0.2, -0.15) is 11.8 Å². The van der Waals surface area contributed by atoms with Gasteiger partial charge >= 0.3 is 5.97 Å². The van der Waals surface area contributed by atoms with Crippen molar-refractivity contribution in [2.45, 2.75) is 45.2 Å². The summed E-state index contributed by atoms with van der Waals surface area (Å²) in [6.45, 7) is 7.55. The van der Waals surface area contributed by atoms with Crippen molar-refractivity contribution < 1.29 is 9.90 Å². The minimum atomic E-state index is -0.699. The van der Waals surface area contributed by atoms with Crippen LogP contribution in [0, 0.1) is 0 Å². The van der Waals surface area contributed by atoms with Crippen molar-refractivity contribution in [3.63, 3.8) is 0 Å². The lowest BCUT2D eigenvalue weighted by atomic mass is 9.98. The number of rotatable bonds is 5. The van der Waals surface area contributed by atoms with Crippen LogP contribution in [0.1, 0.15) is 50.3 Å². The minimum absolute atomic E-state index is 0.140. The molecule has 0 bridgehead atoms. The van der Waals surface area contributed by atoms with Gasteiger partial charge in [-0.1, -0.05) is 38.1 Å². The van der Waals surface area contributed by atoms with Gasteiger partial charge in [0.2, 0.25) is 0 Å². The molecule has 0 saturated carbocycles. The average Bonchev–Trinajstić information content (AvgIpc) is 2.46. The summed E-state index contributed by atoms with van der Waals surface area (Å²) in [6.07, 6.45) is 0.238. The molecule has 1 aliphatic heterocycles. The average molecular weight is 307 g/mol. The zero-order valence-corrected chi connectivity index (χ0v) is 13.9. The summed E-state index contributed by atoms with van der Waals surface area (Å²) in [7, 11) is 0. The quantitative estimate of drug-likeness (QED) is 0.899. The van der Waals surface area contributed by atoms with Gasteiger partial charge in [-0.25, -0.2) is 0 Å².